The van der Waals surface area contributed by atoms with Gasteiger partial charge in [0.15, 0.2) is 0 Å². The molecule has 156 valence electrons. The first-order chi connectivity index (χ1) is 14.4. The molecular weight excluding hydrogens is 422 g/mol. The van der Waals surface area contributed by atoms with Gasteiger partial charge < -0.3 is 14.4 Å². The molecule has 0 aliphatic carbocycles. The number of aliphatic imine (C=N–C) groups is 1. The summed E-state index contributed by atoms with van der Waals surface area (Å²) in [5.41, 5.74) is 2.48. The van der Waals surface area contributed by atoms with E-state index in [-0.39, 0.29) is 18.6 Å². The molecule has 0 bridgehead atoms. The zero-order valence-corrected chi connectivity index (χ0v) is 19.3. The van der Waals surface area contributed by atoms with Crippen molar-refractivity contribution in [3.63, 3.8) is 0 Å². The molecule has 2 fully saturated rings. The summed E-state index contributed by atoms with van der Waals surface area (Å²) >= 11 is 5.90. The number of ether oxygens (including phenoxy) is 2. The van der Waals surface area contributed by atoms with Crippen LogP contribution >= 0.6 is 11.6 Å². The molecule has 2 amide bonds. The van der Waals surface area contributed by atoms with Gasteiger partial charge >= 0.3 is 6.09 Å². The van der Waals surface area contributed by atoms with Gasteiger partial charge in [0, 0.05) is 29.2 Å². The third kappa shape index (κ3) is 4.56. The summed E-state index contributed by atoms with van der Waals surface area (Å²) in [5, 5.41) is 0.0923. The van der Waals surface area contributed by atoms with Crippen LogP contribution in [-0.2, 0) is 14.3 Å². The van der Waals surface area contributed by atoms with E-state index in [1.807, 2.05) is 48.5 Å². The predicted octanol–water partition coefficient (Wildman–Crippen LogP) is 1.84. The fourth-order valence-corrected chi connectivity index (χ4v) is 4.27. The topological polar surface area (TPSA) is 71.4 Å². The van der Waals surface area contributed by atoms with Crippen LogP contribution in [0.1, 0.15) is 5.56 Å². The molecule has 0 saturated carbocycles. The molecule has 0 spiro atoms. The minimum absolute atomic E-state index is 0.0632. The molecule has 2 heterocycles. The highest BCUT2D eigenvalue weighted by atomic mass is 35.5. The molecule has 1 atom stereocenters. The van der Waals surface area contributed by atoms with Crippen molar-refractivity contribution in [2.75, 3.05) is 42.6 Å². The van der Waals surface area contributed by atoms with Crippen molar-refractivity contribution >= 4 is 51.4 Å². The number of carbonyl (C=O) groups is 2. The maximum atomic E-state index is 12.5. The molecular formula is C21H22ClN3O4Si. The number of nitrogens with zero attached hydrogens (tertiary/aromatic N) is 3. The van der Waals surface area contributed by atoms with Crippen LogP contribution in [0.3, 0.4) is 0 Å². The normalized spacial score (nSPS) is 22.2. The highest BCUT2D eigenvalue weighted by Gasteiger charge is 2.41. The summed E-state index contributed by atoms with van der Waals surface area (Å²) in [6.45, 7) is 2.00. The van der Waals surface area contributed by atoms with E-state index in [0.717, 1.165) is 16.9 Å². The highest BCUT2D eigenvalue weighted by Crippen LogP contribution is 2.28. The minimum atomic E-state index is -0.584. The lowest BCUT2D eigenvalue weighted by molar-refractivity contribution is -0.125. The van der Waals surface area contributed by atoms with E-state index in [1.165, 1.54) is 0 Å². The van der Waals surface area contributed by atoms with Gasteiger partial charge in [-0.1, -0.05) is 23.7 Å². The van der Waals surface area contributed by atoms with E-state index < -0.39 is 5.22 Å². The molecule has 2 aliphatic rings. The molecule has 30 heavy (non-hydrogen) atoms. The molecule has 9 heteroatoms. The second-order valence-corrected chi connectivity index (χ2v) is 9.80. The Morgan fingerprint density at radius 2 is 1.73 bits per heavy atom. The number of morpholine rings is 1. The summed E-state index contributed by atoms with van der Waals surface area (Å²) < 4.78 is 10.8. The van der Waals surface area contributed by atoms with Crippen molar-refractivity contribution in [3.8, 4) is 0 Å². The monoisotopic (exact) mass is 443 g/mol. The Kier molecular flexibility index (Phi) is 5.89. The van der Waals surface area contributed by atoms with Crippen LogP contribution in [-0.4, -0.2) is 66.5 Å². The number of anilines is 2. The van der Waals surface area contributed by atoms with Crippen LogP contribution in [0.5, 0.6) is 0 Å². The minimum Gasteiger partial charge on any atom is -0.444 e. The van der Waals surface area contributed by atoms with Gasteiger partial charge in [-0.15, -0.1) is 0 Å². The van der Waals surface area contributed by atoms with E-state index in [9.17, 15) is 9.59 Å². The lowest BCUT2D eigenvalue weighted by atomic mass is 10.2. The number of halogens is 1. The van der Waals surface area contributed by atoms with Crippen LogP contribution in [0, 0.1) is 0 Å². The highest BCUT2D eigenvalue weighted by molar-refractivity contribution is 6.30. The van der Waals surface area contributed by atoms with E-state index in [1.54, 1.807) is 16.0 Å². The van der Waals surface area contributed by atoms with Crippen molar-refractivity contribution in [3.05, 3.63) is 59.1 Å². The van der Waals surface area contributed by atoms with Crippen LogP contribution in [0.15, 0.2) is 53.5 Å². The zero-order valence-electron chi connectivity index (χ0n) is 16.6. The van der Waals surface area contributed by atoms with Gasteiger partial charge in [0.25, 0.3) is 5.91 Å². The zero-order chi connectivity index (χ0) is 21.1. The fourth-order valence-electron chi connectivity index (χ4n) is 3.47. The van der Waals surface area contributed by atoms with E-state index >= 15 is 0 Å². The van der Waals surface area contributed by atoms with Crippen molar-refractivity contribution < 1.29 is 19.1 Å². The van der Waals surface area contributed by atoms with Crippen molar-refractivity contribution in [1.82, 2.24) is 0 Å². The van der Waals surface area contributed by atoms with Crippen molar-refractivity contribution in [1.29, 1.82) is 0 Å². The number of rotatable bonds is 5. The molecule has 0 unspecified atom stereocenters. The third-order valence-electron chi connectivity index (χ3n) is 5.04. The smallest absolute Gasteiger partial charge is 0.414 e. The first-order valence-electron chi connectivity index (χ1n) is 9.68. The first kappa shape index (κ1) is 20.6. The average molecular weight is 444 g/mol. The van der Waals surface area contributed by atoms with Gasteiger partial charge in [0.05, 0.1) is 29.9 Å². The summed E-state index contributed by atoms with van der Waals surface area (Å²) in [7, 11) is 0.650. The molecule has 2 aromatic rings. The Hall–Kier alpha value is -2.68. The van der Waals surface area contributed by atoms with Crippen molar-refractivity contribution in [2.45, 2.75) is 5.22 Å². The molecule has 2 aromatic carbocycles. The maximum Gasteiger partial charge on any atom is 0.414 e. The molecule has 4 rings (SSSR count). The quantitative estimate of drug-likeness (QED) is 0.522. The summed E-state index contributed by atoms with van der Waals surface area (Å²) in [6, 6.07) is 14.8. The Bertz CT molecular complexity index is 967. The molecule has 0 aromatic heterocycles. The van der Waals surface area contributed by atoms with Gasteiger partial charge in [-0.05, 0) is 42.0 Å². The van der Waals surface area contributed by atoms with Crippen LogP contribution in [0.4, 0.5) is 16.2 Å². The van der Waals surface area contributed by atoms with Gasteiger partial charge in [0.2, 0.25) is 0 Å². The van der Waals surface area contributed by atoms with Crippen LogP contribution in [0.25, 0.3) is 0 Å². The molecule has 0 N–H and O–H groups in total. The second kappa shape index (κ2) is 8.59. The Morgan fingerprint density at radius 3 is 2.40 bits per heavy atom. The van der Waals surface area contributed by atoms with Gasteiger partial charge in [-0.25, -0.2) is 4.79 Å². The predicted molar refractivity (Wildman–Crippen MR) is 120 cm³/mol. The SMILES string of the molecule is O=C1COCCN1c1ccc(N2C[C@]([SiH3])(CN=Cc3ccc(Cl)cc3)OC2=O)cc1. The number of hydrogen-bond donors (Lipinski definition) is 0. The molecule has 2 saturated heterocycles. The van der Waals surface area contributed by atoms with E-state index in [0.29, 0.717) is 41.5 Å². The standard InChI is InChI=1S/C21H22ClN3O4Si/c22-16-3-1-15(2-4-16)11-23-13-21(30)14-25(20(27)29-21)18-7-5-17(6-8-18)24-9-10-28-12-19(24)26/h1-8,11H,9-10,12-14H2,30H3/t21-/m1/s1. The Labute approximate surface area is 182 Å². The number of hydrogen-bond acceptors (Lipinski definition) is 5. The lowest BCUT2D eigenvalue weighted by Gasteiger charge is -2.27. The summed E-state index contributed by atoms with van der Waals surface area (Å²) in [5.74, 6) is -0.0632. The number of carbonyl (C=O) groups excluding carboxylic acids is 2. The summed E-state index contributed by atoms with van der Waals surface area (Å²) in [4.78, 5) is 32.3. The third-order valence-corrected chi connectivity index (χ3v) is 6.13. The van der Waals surface area contributed by atoms with Gasteiger partial charge in [0.1, 0.15) is 11.8 Å². The van der Waals surface area contributed by atoms with E-state index in [4.69, 9.17) is 21.1 Å². The number of cyclic esters (lactones) is 1. The van der Waals surface area contributed by atoms with Gasteiger partial charge in [-0.2, -0.15) is 0 Å². The van der Waals surface area contributed by atoms with Crippen molar-refractivity contribution in [2.24, 2.45) is 4.99 Å². The molecule has 2 aliphatic heterocycles. The van der Waals surface area contributed by atoms with Crippen LogP contribution < -0.4 is 9.80 Å². The van der Waals surface area contributed by atoms with Gasteiger partial charge in [-0.3, -0.25) is 14.7 Å². The maximum absolute atomic E-state index is 12.5. The summed E-state index contributed by atoms with van der Waals surface area (Å²) in [6.07, 6.45) is 1.39. The lowest BCUT2D eigenvalue weighted by Crippen LogP contribution is -2.41. The number of benzene rings is 2. The molecule has 7 nitrogen and oxygen atoms in total. The Balaban J connectivity index is 1.41. The fraction of sp³-hybridized carbons (Fsp3) is 0.286. The number of amides is 2. The first-order valence-corrected chi connectivity index (χ1v) is 11.1. The molecule has 0 radical (unpaired) electrons. The van der Waals surface area contributed by atoms with Crippen LogP contribution in [0.2, 0.25) is 5.02 Å². The Morgan fingerprint density at radius 1 is 1.07 bits per heavy atom. The average Bonchev–Trinajstić information content (AvgIpc) is 3.04. The van der Waals surface area contributed by atoms with E-state index in [2.05, 4.69) is 4.99 Å². The largest absolute Gasteiger partial charge is 0.444 e. The second-order valence-electron chi connectivity index (χ2n) is 7.54.